The molecule has 1 aromatic carbocycles. The molecule has 1 aromatic rings. The Labute approximate surface area is 81.1 Å². The molecule has 1 aliphatic rings. The van der Waals surface area contributed by atoms with E-state index >= 15 is 0 Å². The fourth-order valence-corrected chi connectivity index (χ4v) is 2.23. The Hall–Kier alpha value is -1.05. The molecule has 2 nitrogen and oxygen atoms in total. The zero-order valence-electron chi connectivity index (χ0n) is 7.06. The van der Waals surface area contributed by atoms with E-state index in [1.165, 1.54) is 5.56 Å². The van der Waals surface area contributed by atoms with Gasteiger partial charge >= 0.3 is 0 Å². The fraction of sp³-hybridized carbons (Fsp3) is 0.300. The first-order valence-corrected chi connectivity index (χ1v) is 5.32. The van der Waals surface area contributed by atoms with E-state index in [1.54, 1.807) is 6.08 Å². The van der Waals surface area contributed by atoms with Crippen LogP contribution in [0.15, 0.2) is 29.3 Å². The maximum absolute atomic E-state index is 10.2. The highest BCUT2D eigenvalue weighted by Crippen LogP contribution is 2.38. The normalized spacial score (nSPS) is 16.0. The van der Waals surface area contributed by atoms with Gasteiger partial charge in [0, 0.05) is 17.4 Å². The summed E-state index contributed by atoms with van der Waals surface area (Å²) in [5.74, 6) is 2.87. The van der Waals surface area contributed by atoms with Crippen molar-refractivity contribution in [2.75, 3.05) is 11.5 Å². The Balaban J connectivity index is 2.36. The predicted molar refractivity (Wildman–Crippen MR) is 54.3 cm³/mol. The summed E-state index contributed by atoms with van der Waals surface area (Å²) in [6.07, 6.45) is 1.60. The van der Waals surface area contributed by atoms with E-state index in [9.17, 15) is 4.79 Å². The number of thioether (sulfide) groups is 1. The average molecular weight is 191 g/mol. The molecule has 0 N–H and O–H groups in total. The smallest absolute Gasteiger partial charge is 0.211 e. The highest BCUT2D eigenvalue weighted by molar-refractivity contribution is 8.00. The van der Waals surface area contributed by atoms with Crippen LogP contribution in [0.5, 0.6) is 0 Å². The Kier molecular flexibility index (Phi) is 2.48. The van der Waals surface area contributed by atoms with Gasteiger partial charge in [0.1, 0.15) is 0 Å². The first kappa shape index (κ1) is 8.54. The van der Waals surface area contributed by atoms with Crippen molar-refractivity contribution in [3.8, 4) is 0 Å². The summed E-state index contributed by atoms with van der Waals surface area (Å²) in [4.78, 5) is 13.9. The molecule has 0 saturated carbocycles. The van der Waals surface area contributed by atoms with Crippen LogP contribution in [0, 0.1) is 0 Å². The first-order valence-electron chi connectivity index (χ1n) is 4.16. The van der Waals surface area contributed by atoms with Crippen LogP contribution in [0.25, 0.3) is 0 Å². The third-order valence-electron chi connectivity index (χ3n) is 2.18. The van der Waals surface area contributed by atoms with E-state index < -0.39 is 0 Å². The van der Waals surface area contributed by atoms with Gasteiger partial charge in [0.05, 0.1) is 5.69 Å². The lowest BCUT2D eigenvalue weighted by atomic mass is 10.0. The highest BCUT2D eigenvalue weighted by Gasteiger charge is 2.22. The summed E-state index contributed by atoms with van der Waals surface area (Å²) in [7, 11) is 0. The second kappa shape index (κ2) is 3.77. The highest BCUT2D eigenvalue weighted by atomic mass is 32.2. The molecule has 3 heteroatoms. The van der Waals surface area contributed by atoms with E-state index in [-0.39, 0.29) is 0 Å². The molecule has 66 valence electrons. The summed E-state index contributed by atoms with van der Waals surface area (Å²) >= 11 is 1.93. The van der Waals surface area contributed by atoms with Crippen molar-refractivity contribution in [3.05, 3.63) is 29.8 Å². The molecule has 1 heterocycles. The molecule has 0 radical (unpaired) electrons. The van der Waals surface area contributed by atoms with Crippen LogP contribution in [0.3, 0.4) is 0 Å². The fourth-order valence-electron chi connectivity index (χ4n) is 1.40. The van der Waals surface area contributed by atoms with Gasteiger partial charge in [-0.05, 0) is 11.6 Å². The SMILES string of the molecule is O=C=Nc1ccccc1C1CSC1. The van der Waals surface area contributed by atoms with Crippen LogP contribution in [-0.4, -0.2) is 17.6 Å². The second-order valence-electron chi connectivity index (χ2n) is 3.00. The van der Waals surface area contributed by atoms with Crippen LogP contribution >= 0.6 is 11.8 Å². The Morgan fingerprint density at radius 3 is 2.77 bits per heavy atom. The van der Waals surface area contributed by atoms with Crippen molar-refractivity contribution in [3.63, 3.8) is 0 Å². The third-order valence-corrected chi connectivity index (χ3v) is 3.46. The molecule has 1 saturated heterocycles. The van der Waals surface area contributed by atoms with Crippen LogP contribution in [0.2, 0.25) is 0 Å². The number of rotatable bonds is 2. The van der Waals surface area contributed by atoms with E-state index in [4.69, 9.17) is 0 Å². The number of isocyanates is 1. The second-order valence-corrected chi connectivity index (χ2v) is 4.07. The number of nitrogens with zero attached hydrogens (tertiary/aromatic N) is 1. The summed E-state index contributed by atoms with van der Waals surface area (Å²) in [5, 5.41) is 0. The molecule has 13 heavy (non-hydrogen) atoms. The summed E-state index contributed by atoms with van der Waals surface area (Å²) in [5.41, 5.74) is 1.97. The first-order chi connectivity index (χ1) is 6.42. The molecule has 1 aliphatic heterocycles. The lowest BCUT2D eigenvalue weighted by Crippen LogP contribution is -2.15. The average Bonchev–Trinajstić information content (AvgIpc) is 2.05. The molecular formula is C10H9NOS. The van der Waals surface area contributed by atoms with Gasteiger partial charge in [-0.15, -0.1) is 0 Å². The Morgan fingerprint density at radius 2 is 2.15 bits per heavy atom. The zero-order chi connectivity index (χ0) is 9.10. The summed E-state index contributed by atoms with van der Waals surface area (Å²) in [6, 6.07) is 7.79. The summed E-state index contributed by atoms with van der Waals surface area (Å²) < 4.78 is 0. The zero-order valence-corrected chi connectivity index (χ0v) is 7.88. The van der Waals surface area contributed by atoms with Crippen LogP contribution < -0.4 is 0 Å². The lowest BCUT2D eigenvalue weighted by molar-refractivity contribution is 0.565. The van der Waals surface area contributed by atoms with Crippen molar-refractivity contribution in [1.29, 1.82) is 0 Å². The molecule has 1 fully saturated rings. The van der Waals surface area contributed by atoms with Gasteiger partial charge in [-0.1, -0.05) is 18.2 Å². The standard InChI is InChI=1S/C10H9NOS/c12-7-11-10-4-2-1-3-9(10)8-5-13-6-8/h1-4,8H,5-6H2. The van der Waals surface area contributed by atoms with Crippen molar-refractivity contribution in [2.45, 2.75) is 5.92 Å². The van der Waals surface area contributed by atoms with Gasteiger partial charge in [-0.2, -0.15) is 16.8 Å². The number of hydrogen-bond donors (Lipinski definition) is 0. The van der Waals surface area contributed by atoms with Crippen molar-refractivity contribution >= 4 is 23.5 Å². The minimum atomic E-state index is 0.582. The maximum Gasteiger partial charge on any atom is 0.240 e. The Bertz CT molecular complexity index is 354. The van der Waals surface area contributed by atoms with E-state index in [0.29, 0.717) is 5.92 Å². The van der Waals surface area contributed by atoms with Gasteiger partial charge in [-0.3, -0.25) is 0 Å². The Morgan fingerprint density at radius 1 is 1.38 bits per heavy atom. The third kappa shape index (κ3) is 1.67. The number of para-hydroxylation sites is 1. The van der Waals surface area contributed by atoms with Gasteiger partial charge < -0.3 is 0 Å². The molecular weight excluding hydrogens is 182 g/mol. The quantitative estimate of drug-likeness (QED) is 0.531. The minimum absolute atomic E-state index is 0.582. The molecule has 0 aromatic heterocycles. The summed E-state index contributed by atoms with van der Waals surface area (Å²) in [6.45, 7) is 0. The number of benzene rings is 1. The van der Waals surface area contributed by atoms with Gasteiger partial charge in [0.2, 0.25) is 6.08 Å². The van der Waals surface area contributed by atoms with E-state index in [2.05, 4.69) is 4.99 Å². The molecule has 2 rings (SSSR count). The van der Waals surface area contributed by atoms with Crippen LogP contribution in [0.1, 0.15) is 11.5 Å². The molecule has 0 atom stereocenters. The van der Waals surface area contributed by atoms with Gasteiger partial charge in [0.15, 0.2) is 0 Å². The van der Waals surface area contributed by atoms with E-state index in [0.717, 1.165) is 17.2 Å². The van der Waals surface area contributed by atoms with Crippen molar-refractivity contribution in [2.24, 2.45) is 4.99 Å². The predicted octanol–water partition coefficient (Wildman–Crippen LogP) is 2.48. The minimum Gasteiger partial charge on any atom is -0.211 e. The van der Waals surface area contributed by atoms with Crippen LogP contribution in [-0.2, 0) is 4.79 Å². The molecule has 0 bridgehead atoms. The van der Waals surface area contributed by atoms with Crippen molar-refractivity contribution in [1.82, 2.24) is 0 Å². The maximum atomic E-state index is 10.2. The van der Waals surface area contributed by atoms with Crippen LogP contribution in [0.4, 0.5) is 5.69 Å². The van der Waals surface area contributed by atoms with Crippen molar-refractivity contribution < 1.29 is 4.79 Å². The van der Waals surface area contributed by atoms with Gasteiger partial charge in [0.25, 0.3) is 0 Å². The largest absolute Gasteiger partial charge is 0.240 e. The molecule has 0 aliphatic carbocycles. The number of carbonyl (C=O) groups excluding carboxylic acids is 1. The van der Waals surface area contributed by atoms with E-state index in [1.807, 2.05) is 36.0 Å². The molecule has 0 unspecified atom stereocenters. The molecule has 0 spiro atoms. The lowest BCUT2D eigenvalue weighted by Gasteiger charge is -2.25. The number of aliphatic imine (C=N–C) groups is 1. The number of hydrogen-bond acceptors (Lipinski definition) is 3. The van der Waals surface area contributed by atoms with Gasteiger partial charge in [-0.25, -0.2) is 4.79 Å². The molecule has 0 amide bonds. The monoisotopic (exact) mass is 191 g/mol. The topological polar surface area (TPSA) is 29.4 Å².